The third kappa shape index (κ3) is 1.58. The summed E-state index contributed by atoms with van der Waals surface area (Å²) in [5, 5.41) is 0. The van der Waals surface area contributed by atoms with Crippen LogP contribution in [0.15, 0.2) is 36.5 Å². The van der Waals surface area contributed by atoms with Crippen molar-refractivity contribution in [2.75, 3.05) is 0 Å². The van der Waals surface area contributed by atoms with Crippen molar-refractivity contribution >= 4 is 0 Å². The zero-order valence-electron chi connectivity index (χ0n) is 6.88. The molecule has 58 valence electrons. The Labute approximate surface area is 74.0 Å². The standard InChI is InChI=1S/C12H10/c1-3-7-11(8-4-1)12-9-5-2-6-10-12/h1-3,5,7,10H,8-9H2. The fraction of sp³-hybridized carbons (Fsp3) is 0.167. The van der Waals surface area contributed by atoms with E-state index in [1.165, 1.54) is 11.8 Å². The van der Waals surface area contributed by atoms with Gasteiger partial charge in [-0.15, -0.1) is 0 Å². The van der Waals surface area contributed by atoms with Crippen LogP contribution in [0.5, 0.6) is 0 Å². The lowest BCUT2D eigenvalue weighted by atomic mass is 9.83. The molecule has 0 spiro atoms. The summed E-state index contributed by atoms with van der Waals surface area (Å²) < 4.78 is 0. The molecule has 0 saturated heterocycles. The van der Waals surface area contributed by atoms with E-state index in [1.807, 2.05) is 18.2 Å². The molecule has 0 aromatic heterocycles. The summed E-state index contributed by atoms with van der Waals surface area (Å²) in [6, 6.07) is 0. The van der Waals surface area contributed by atoms with Crippen molar-refractivity contribution in [3.05, 3.63) is 60.4 Å². The van der Waals surface area contributed by atoms with Gasteiger partial charge in [0.2, 0.25) is 0 Å². The highest BCUT2D eigenvalue weighted by Crippen LogP contribution is 2.30. The van der Waals surface area contributed by atoms with Gasteiger partial charge in [-0.1, -0.05) is 36.5 Å². The molecule has 0 aromatic rings. The van der Waals surface area contributed by atoms with Gasteiger partial charge in [0.25, 0.3) is 0 Å². The predicted molar refractivity (Wildman–Crippen MR) is 49.6 cm³/mol. The molecule has 4 radical (unpaired) electrons. The van der Waals surface area contributed by atoms with E-state index in [4.69, 9.17) is 0 Å². The van der Waals surface area contributed by atoms with E-state index in [0.717, 1.165) is 12.8 Å². The normalized spacial score (nSPS) is 23.7. The molecule has 0 unspecified atom stereocenters. The van der Waals surface area contributed by atoms with Gasteiger partial charge in [0.15, 0.2) is 0 Å². The maximum Gasteiger partial charge on any atom is 0.0131 e. The molecular weight excluding hydrogens is 144 g/mol. The van der Waals surface area contributed by atoms with Crippen LogP contribution >= 0.6 is 0 Å². The average Bonchev–Trinajstić information content (AvgIpc) is 2.21. The fourth-order valence-corrected chi connectivity index (χ4v) is 1.37. The van der Waals surface area contributed by atoms with Crippen LogP contribution in [-0.2, 0) is 0 Å². The fourth-order valence-electron chi connectivity index (χ4n) is 1.37. The molecule has 0 heterocycles. The Kier molecular flexibility index (Phi) is 2.26. The molecule has 2 rings (SSSR count). The topological polar surface area (TPSA) is 0 Å². The van der Waals surface area contributed by atoms with Crippen molar-refractivity contribution in [2.24, 2.45) is 0 Å². The summed E-state index contributed by atoms with van der Waals surface area (Å²) in [6.07, 6.45) is 20.6. The summed E-state index contributed by atoms with van der Waals surface area (Å²) in [6.45, 7) is 0. The predicted octanol–water partition coefficient (Wildman–Crippen LogP) is 2.77. The smallest absolute Gasteiger partial charge is 0.0131 e. The average molecular weight is 154 g/mol. The Bertz CT molecular complexity index is 225. The molecule has 0 aromatic carbocycles. The second-order valence-electron chi connectivity index (χ2n) is 2.87. The van der Waals surface area contributed by atoms with E-state index in [0.29, 0.717) is 0 Å². The van der Waals surface area contributed by atoms with E-state index in [1.54, 1.807) is 0 Å². The Hall–Kier alpha value is -1.04. The molecule has 12 heavy (non-hydrogen) atoms. The van der Waals surface area contributed by atoms with E-state index >= 15 is 0 Å². The number of allylic oxidation sites excluding steroid dienone is 8. The van der Waals surface area contributed by atoms with Crippen LogP contribution in [0.25, 0.3) is 0 Å². The molecule has 0 bridgehead atoms. The molecule has 2 aliphatic rings. The lowest BCUT2D eigenvalue weighted by Crippen LogP contribution is -2.07. The molecule has 0 atom stereocenters. The lowest BCUT2D eigenvalue weighted by molar-refractivity contribution is 0.913. The first-order chi connectivity index (χ1) is 5.97. The number of rotatable bonds is 1. The van der Waals surface area contributed by atoms with Gasteiger partial charge < -0.3 is 0 Å². The van der Waals surface area contributed by atoms with E-state index < -0.39 is 0 Å². The van der Waals surface area contributed by atoms with Crippen LogP contribution in [-0.4, -0.2) is 0 Å². The summed E-state index contributed by atoms with van der Waals surface area (Å²) in [4.78, 5) is 0. The quantitative estimate of drug-likeness (QED) is 0.544. The highest BCUT2D eigenvalue weighted by molar-refractivity contribution is 5.41. The molecule has 0 N–H and O–H groups in total. The molecule has 0 amide bonds. The zero-order chi connectivity index (χ0) is 8.23. The van der Waals surface area contributed by atoms with Gasteiger partial charge in [0.1, 0.15) is 0 Å². The molecule has 0 saturated carbocycles. The van der Waals surface area contributed by atoms with Crippen LogP contribution in [0.3, 0.4) is 0 Å². The third-order valence-corrected chi connectivity index (χ3v) is 2.03. The Balaban J connectivity index is 2.01. The van der Waals surface area contributed by atoms with Gasteiger partial charge >= 0.3 is 0 Å². The minimum atomic E-state index is 0.942. The molecule has 0 fully saturated rings. The molecule has 0 aliphatic heterocycles. The van der Waals surface area contributed by atoms with Crippen LogP contribution in [0.1, 0.15) is 12.8 Å². The van der Waals surface area contributed by atoms with Crippen molar-refractivity contribution < 1.29 is 0 Å². The number of hydrogen-bond donors (Lipinski definition) is 0. The largest absolute Gasteiger partial charge is 0.0830 e. The van der Waals surface area contributed by atoms with Gasteiger partial charge in [-0.25, -0.2) is 0 Å². The highest BCUT2D eigenvalue weighted by Gasteiger charge is 2.17. The third-order valence-electron chi connectivity index (χ3n) is 2.03. The Morgan fingerprint density at radius 2 is 2.25 bits per heavy atom. The first-order valence-corrected chi connectivity index (χ1v) is 4.16. The second-order valence-corrected chi connectivity index (χ2v) is 2.87. The summed E-state index contributed by atoms with van der Waals surface area (Å²) in [5.74, 6) is 2.74. The second kappa shape index (κ2) is 3.57. The summed E-state index contributed by atoms with van der Waals surface area (Å²) in [7, 11) is 0. The zero-order valence-corrected chi connectivity index (χ0v) is 6.88. The van der Waals surface area contributed by atoms with Crippen molar-refractivity contribution in [1.29, 1.82) is 0 Å². The highest BCUT2D eigenvalue weighted by atomic mass is 14.2. The maximum atomic E-state index is 3.19. The van der Waals surface area contributed by atoms with Gasteiger partial charge in [-0.2, -0.15) is 0 Å². The van der Waals surface area contributed by atoms with Crippen molar-refractivity contribution in [2.45, 2.75) is 12.8 Å². The van der Waals surface area contributed by atoms with E-state index in [2.05, 4.69) is 30.4 Å². The molecule has 0 heteroatoms. The SMILES string of the molecule is [C]1=CC=C[C]([C]2C=[C]C=CC2)C1. The minimum absolute atomic E-state index is 0.942. The van der Waals surface area contributed by atoms with Crippen LogP contribution < -0.4 is 0 Å². The van der Waals surface area contributed by atoms with E-state index in [9.17, 15) is 0 Å². The van der Waals surface area contributed by atoms with Crippen molar-refractivity contribution in [3.8, 4) is 0 Å². The molecular formula is C12H10. The van der Waals surface area contributed by atoms with Gasteiger partial charge in [-0.3, -0.25) is 0 Å². The van der Waals surface area contributed by atoms with Crippen molar-refractivity contribution in [1.82, 2.24) is 0 Å². The Morgan fingerprint density at radius 3 is 2.92 bits per heavy atom. The molecule has 0 nitrogen and oxygen atoms in total. The molecule has 2 aliphatic carbocycles. The summed E-state index contributed by atoms with van der Waals surface area (Å²) >= 11 is 0. The monoisotopic (exact) mass is 154 g/mol. The first kappa shape index (κ1) is 7.60. The Morgan fingerprint density at radius 1 is 1.25 bits per heavy atom. The minimum Gasteiger partial charge on any atom is -0.0830 e. The van der Waals surface area contributed by atoms with Crippen LogP contribution in [0.2, 0.25) is 0 Å². The van der Waals surface area contributed by atoms with Crippen LogP contribution in [0.4, 0.5) is 0 Å². The van der Waals surface area contributed by atoms with E-state index in [-0.39, 0.29) is 0 Å². The number of hydrogen-bond acceptors (Lipinski definition) is 0. The van der Waals surface area contributed by atoms with Gasteiger partial charge in [0, 0.05) is 11.8 Å². The lowest BCUT2D eigenvalue weighted by Gasteiger charge is -2.20. The van der Waals surface area contributed by atoms with Crippen molar-refractivity contribution in [3.63, 3.8) is 0 Å². The van der Waals surface area contributed by atoms with Gasteiger partial charge in [-0.05, 0) is 25.0 Å². The first-order valence-electron chi connectivity index (χ1n) is 4.16. The van der Waals surface area contributed by atoms with Gasteiger partial charge in [0.05, 0.1) is 0 Å². The van der Waals surface area contributed by atoms with Crippen LogP contribution in [0, 0.1) is 24.0 Å². The summed E-state index contributed by atoms with van der Waals surface area (Å²) in [5.41, 5.74) is 0. The maximum absolute atomic E-state index is 3.19.